The number of hydrogen-bond donors (Lipinski definition) is 1. The summed E-state index contributed by atoms with van der Waals surface area (Å²) >= 11 is 0. The molecule has 4 amide bonds. The number of hydrogen-bond acceptors (Lipinski definition) is 8. The monoisotopic (exact) mass is 831 g/mol. The number of H-pyrrole nitrogens is 1. The quantitative estimate of drug-likeness (QED) is 0.169. The maximum atomic E-state index is 14.1. The SMILES string of the molecule is COC(=O)N(C)[C@H](C(=O)N1C[C@@H](C)C[C@H]1C1=Nc2ccc(-c3ccc(-c4ccc5nc([C@@H]6C[C@H](C)CN6C(=O)[C@H](C(C)C)N(C)C(=O)OC)[nH]c5c4)cc3)cc2C1C)C(C)C. The first-order chi connectivity index (χ1) is 29.0. The van der Waals surface area contributed by atoms with Crippen molar-refractivity contribution in [3.05, 3.63) is 72.1 Å². The summed E-state index contributed by atoms with van der Waals surface area (Å²) in [7, 11) is 5.91. The number of carbonyl (C=O) groups is 4. The Hall–Kier alpha value is -5.72. The molecule has 4 heterocycles. The molecular formula is C48H61N7O6. The predicted octanol–water partition coefficient (Wildman–Crippen LogP) is 8.68. The number of nitrogens with one attached hydrogen (secondary N) is 1. The average Bonchev–Trinajstić information content (AvgIpc) is 4.03. The van der Waals surface area contributed by atoms with Gasteiger partial charge in [0.15, 0.2) is 0 Å². The fraction of sp³-hybridized carbons (Fsp3) is 0.500. The van der Waals surface area contributed by atoms with E-state index in [9.17, 15) is 19.2 Å². The van der Waals surface area contributed by atoms with E-state index in [-0.39, 0.29) is 47.6 Å². The number of aromatic nitrogens is 2. The lowest BCUT2D eigenvalue weighted by molar-refractivity contribution is -0.139. The Balaban J connectivity index is 1.07. The molecule has 3 aliphatic heterocycles. The van der Waals surface area contributed by atoms with Gasteiger partial charge in [0.2, 0.25) is 11.8 Å². The first-order valence-electron chi connectivity index (χ1n) is 21.6. The number of amides is 4. The molecule has 61 heavy (non-hydrogen) atoms. The minimum atomic E-state index is -0.652. The number of carbonyl (C=O) groups excluding carboxylic acids is 4. The number of methoxy groups -OCH3 is 2. The van der Waals surface area contributed by atoms with Crippen molar-refractivity contribution in [1.82, 2.24) is 29.6 Å². The number of nitrogens with zero attached hydrogens (tertiary/aromatic N) is 6. The molecule has 13 nitrogen and oxygen atoms in total. The third-order valence-corrected chi connectivity index (χ3v) is 13.0. The molecular weight excluding hydrogens is 771 g/mol. The summed E-state index contributed by atoms with van der Waals surface area (Å²) in [4.78, 5) is 73.4. The van der Waals surface area contributed by atoms with Gasteiger partial charge in [-0.05, 0) is 88.6 Å². The van der Waals surface area contributed by atoms with E-state index in [0.29, 0.717) is 19.0 Å². The van der Waals surface area contributed by atoms with Crippen LogP contribution >= 0.6 is 0 Å². The molecule has 0 bridgehead atoms. The number of fused-ring (bicyclic) bond motifs is 2. The summed E-state index contributed by atoms with van der Waals surface area (Å²) in [5.74, 6) is 0.982. The van der Waals surface area contributed by atoms with Crippen LogP contribution in [-0.4, -0.2) is 119 Å². The number of ether oxygens (including phenoxy) is 2. The first kappa shape index (κ1) is 43.4. The maximum absolute atomic E-state index is 14.1. The standard InChI is InChI=1S/C48H61N7O6/c1-26(2)42(52(8)47(58)60-10)45(56)54-24-28(5)20-39(54)41-30(7)35-22-33(16-18-36(35)49-41)31-12-14-32(15-13-31)34-17-19-37-38(23-34)51-44(50-37)40-21-29(6)25-55(40)46(57)43(27(3)4)53(9)48(59)61-11/h12-19,22-23,26-30,39-40,42-43H,20-21,24-25H2,1-11H3,(H,50,51)/t28-,29-,30?,39-,40-,42-,43-/m0/s1. The summed E-state index contributed by atoms with van der Waals surface area (Å²) in [6.45, 7) is 15.5. The van der Waals surface area contributed by atoms with Gasteiger partial charge >= 0.3 is 12.2 Å². The fourth-order valence-corrected chi connectivity index (χ4v) is 9.93. The largest absolute Gasteiger partial charge is 0.453 e. The van der Waals surface area contributed by atoms with Crippen LogP contribution in [0, 0.1) is 23.7 Å². The van der Waals surface area contributed by atoms with Gasteiger partial charge in [-0.1, -0.05) is 84.9 Å². The van der Waals surface area contributed by atoms with Crippen LogP contribution in [-0.2, 0) is 19.1 Å². The van der Waals surface area contributed by atoms with Gasteiger partial charge in [0.1, 0.15) is 17.9 Å². The van der Waals surface area contributed by atoms with Crippen molar-refractivity contribution in [3.63, 3.8) is 0 Å². The Labute approximate surface area is 359 Å². The van der Waals surface area contributed by atoms with E-state index in [0.717, 1.165) is 68.9 Å². The van der Waals surface area contributed by atoms with E-state index in [2.05, 4.69) is 80.4 Å². The zero-order valence-electron chi connectivity index (χ0n) is 37.4. The first-order valence-corrected chi connectivity index (χ1v) is 21.6. The number of imidazole rings is 1. The molecule has 2 saturated heterocycles. The summed E-state index contributed by atoms with van der Waals surface area (Å²) < 4.78 is 9.93. The van der Waals surface area contributed by atoms with E-state index in [4.69, 9.17) is 19.5 Å². The highest BCUT2D eigenvalue weighted by Gasteiger charge is 2.45. The molecule has 13 heteroatoms. The highest BCUT2D eigenvalue weighted by Crippen LogP contribution is 2.43. The topological polar surface area (TPSA) is 141 Å². The van der Waals surface area contributed by atoms with E-state index in [1.54, 1.807) is 14.1 Å². The van der Waals surface area contributed by atoms with E-state index >= 15 is 0 Å². The average molecular weight is 832 g/mol. The molecule has 0 aliphatic carbocycles. The second-order valence-electron chi connectivity index (χ2n) is 18.2. The van der Waals surface area contributed by atoms with Crippen LogP contribution in [0.3, 0.4) is 0 Å². The number of aliphatic imine (C=N–C) groups is 1. The number of benzene rings is 3. The fourth-order valence-electron chi connectivity index (χ4n) is 9.93. The van der Waals surface area contributed by atoms with Crippen molar-refractivity contribution in [1.29, 1.82) is 0 Å². The van der Waals surface area contributed by atoms with Gasteiger partial charge in [-0.25, -0.2) is 14.6 Å². The van der Waals surface area contributed by atoms with Crippen LogP contribution in [0.25, 0.3) is 33.3 Å². The Kier molecular flexibility index (Phi) is 12.3. The Morgan fingerprint density at radius 3 is 1.69 bits per heavy atom. The molecule has 0 radical (unpaired) electrons. The van der Waals surface area contributed by atoms with Crippen molar-refractivity contribution in [2.24, 2.45) is 28.7 Å². The normalized spacial score (nSPS) is 22.0. The highest BCUT2D eigenvalue weighted by atomic mass is 16.5. The van der Waals surface area contributed by atoms with Crippen molar-refractivity contribution in [2.45, 2.75) is 91.4 Å². The number of likely N-dealkylation sites (tertiary alicyclic amines) is 2. The molecule has 3 aromatic carbocycles. The number of aromatic amines is 1. The zero-order valence-corrected chi connectivity index (χ0v) is 37.4. The Morgan fingerprint density at radius 2 is 1.16 bits per heavy atom. The molecule has 7 atom stereocenters. The summed E-state index contributed by atoms with van der Waals surface area (Å²) in [6, 6.07) is 19.5. The molecule has 1 unspecified atom stereocenters. The minimum absolute atomic E-state index is 0.0251. The molecule has 4 aromatic rings. The van der Waals surface area contributed by atoms with Crippen LogP contribution in [0.2, 0.25) is 0 Å². The molecule has 0 saturated carbocycles. The van der Waals surface area contributed by atoms with Crippen LogP contribution in [0.1, 0.15) is 84.7 Å². The molecule has 324 valence electrons. The molecule has 7 rings (SSSR count). The predicted molar refractivity (Wildman–Crippen MR) is 238 cm³/mol. The lowest BCUT2D eigenvalue weighted by atomic mass is 9.89. The van der Waals surface area contributed by atoms with Gasteiger partial charge in [0.25, 0.3) is 0 Å². The smallest absolute Gasteiger partial charge is 0.409 e. The number of rotatable bonds is 10. The Morgan fingerprint density at radius 1 is 0.689 bits per heavy atom. The second kappa shape index (κ2) is 17.3. The summed E-state index contributed by atoms with van der Waals surface area (Å²) in [5, 5.41) is 0. The van der Waals surface area contributed by atoms with Gasteiger partial charge in [0.05, 0.1) is 43.0 Å². The molecule has 3 aliphatic rings. The third kappa shape index (κ3) is 8.23. The van der Waals surface area contributed by atoms with Gasteiger partial charge in [0, 0.05) is 38.8 Å². The van der Waals surface area contributed by atoms with Gasteiger partial charge in [-0.15, -0.1) is 0 Å². The Bertz CT molecular complexity index is 2340. The summed E-state index contributed by atoms with van der Waals surface area (Å²) in [5.41, 5.74) is 9.09. The van der Waals surface area contributed by atoms with Crippen LogP contribution in [0.15, 0.2) is 65.7 Å². The number of likely N-dealkylation sites (N-methyl/N-ethyl adjacent to an activating group) is 2. The molecule has 1 aromatic heterocycles. The van der Waals surface area contributed by atoms with E-state index in [1.165, 1.54) is 24.0 Å². The zero-order chi connectivity index (χ0) is 44.0. The summed E-state index contributed by atoms with van der Waals surface area (Å²) in [6.07, 6.45) is 0.534. The third-order valence-electron chi connectivity index (χ3n) is 13.0. The highest BCUT2D eigenvalue weighted by molar-refractivity contribution is 6.04. The molecule has 0 spiro atoms. The lowest BCUT2D eigenvalue weighted by Crippen LogP contribution is -2.54. The van der Waals surface area contributed by atoms with Crippen LogP contribution in [0.5, 0.6) is 0 Å². The maximum Gasteiger partial charge on any atom is 0.409 e. The van der Waals surface area contributed by atoms with Gasteiger partial charge < -0.3 is 24.3 Å². The van der Waals surface area contributed by atoms with Gasteiger partial charge in [-0.2, -0.15) is 0 Å². The van der Waals surface area contributed by atoms with Crippen LogP contribution < -0.4 is 0 Å². The van der Waals surface area contributed by atoms with E-state index < -0.39 is 24.3 Å². The van der Waals surface area contributed by atoms with Gasteiger partial charge in [-0.3, -0.25) is 24.4 Å². The molecule has 2 fully saturated rings. The van der Waals surface area contributed by atoms with Crippen molar-refractivity contribution < 1.29 is 28.7 Å². The van der Waals surface area contributed by atoms with E-state index in [1.807, 2.05) is 43.6 Å². The van der Waals surface area contributed by atoms with Crippen molar-refractivity contribution in [2.75, 3.05) is 41.4 Å². The minimum Gasteiger partial charge on any atom is -0.453 e. The van der Waals surface area contributed by atoms with Crippen LogP contribution in [0.4, 0.5) is 15.3 Å². The molecule has 1 N–H and O–H groups in total. The van der Waals surface area contributed by atoms with Crippen molar-refractivity contribution >= 4 is 46.4 Å². The lowest BCUT2D eigenvalue weighted by Gasteiger charge is -2.35. The second-order valence-corrected chi connectivity index (χ2v) is 18.2. The van der Waals surface area contributed by atoms with Crippen molar-refractivity contribution in [3.8, 4) is 22.3 Å².